The van der Waals surface area contributed by atoms with E-state index in [1.54, 1.807) is 7.11 Å². The van der Waals surface area contributed by atoms with E-state index in [4.69, 9.17) is 9.72 Å². The van der Waals surface area contributed by atoms with E-state index >= 15 is 0 Å². The maximum absolute atomic E-state index is 13.1. The van der Waals surface area contributed by atoms with Crippen LogP contribution in [0.4, 0.5) is 4.39 Å². The number of aromatic nitrogens is 2. The minimum atomic E-state index is -0.613. The van der Waals surface area contributed by atoms with Crippen LogP contribution in [0.25, 0.3) is 20.7 Å². The van der Waals surface area contributed by atoms with Crippen molar-refractivity contribution < 1.29 is 9.13 Å². The fourth-order valence-electron chi connectivity index (χ4n) is 3.18. The molecule has 142 valence electrons. The number of methoxy groups -OCH3 is 1. The minimum Gasteiger partial charge on any atom is -0.497 e. The van der Waals surface area contributed by atoms with Crippen LogP contribution in [-0.2, 0) is 13.0 Å². The molecule has 0 N–H and O–H groups in total. The lowest BCUT2D eigenvalue weighted by Crippen LogP contribution is -2.26. The molecular formula is C22H19FN2O2S. The van der Waals surface area contributed by atoms with Gasteiger partial charge in [0.05, 0.1) is 19.0 Å². The van der Waals surface area contributed by atoms with Crippen molar-refractivity contribution in [3.8, 4) is 16.2 Å². The third-order valence-electron chi connectivity index (χ3n) is 4.62. The van der Waals surface area contributed by atoms with Gasteiger partial charge in [0, 0.05) is 11.3 Å². The van der Waals surface area contributed by atoms with E-state index in [0.29, 0.717) is 22.5 Å². The summed E-state index contributed by atoms with van der Waals surface area (Å²) in [5.41, 5.74) is 1.84. The summed E-state index contributed by atoms with van der Waals surface area (Å²) in [6, 6.07) is 19.3. The largest absolute Gasteiger partial charge is 0.497 e. The Hall–Kier alpha value is -2.99. The van der Waals surface area contributed by atoms with Crippen molar-refractivity contribution in [3.63, 3.8) is 0 Å². The quantitative estimate of drug-likeness (QED) is 0.476. The lowest BCUT2D eigenvalue weighted by molar-refractivity contribution is 0.414. The molecule has 2 aromatic heterocycles. The number of rotatable bonds is 6. The number of ether oxygens (including phenoxy) is 1. The molecule has 0 aliphatic rings. The number of nitrogens with zero attached hydrogens (tertiary/aromatic N) is 2. The Morgan fingerprint density at radius 2 is 1.86 bits per heavy atom. The summed E-state index contributed by atoms with van der Waals surface area (Å²) in [6.45, 7) is -0.609. The van der Waals surface area contributed by atoms with Crippen LogP contribution in [0.15, 0.2) is 65.5 Å². The van der Waals surface area contributed by atoms with E-state index in [0.717, 1.165) is 21.8 Å². The van der Waals surface area contributed by atoms with Crippen LogP contribution in [-0.4, -0.2) is 23.3 Å². The van der Waals surface area contributed by atoms with Gasteiger partial charge in [-0.3, -0.25) is 9.36 Å². The molecule has 0 amide bonds. The minimum absolute atomic E-state index is 0.00375. The van der Waals surface area contributed by atoms with Crippen molar-refractivity contribution in [2.24, 2.45) is 0 Å². The highest BCUT2D eigenvalue weighted by Crippen LogP contribution is 2.31. The monoisotopic (exact) mass is 394 g/mol. The van der Waals surface area contributed by atoms with Crippen LogP contribution in [0.3, 0.4) is 0 Å². The molecule has 6 heteroatoms. The average molecular weight is 394 g/mol. The predicted octanol–water partition coefficient (Wildman–Crippen LogP) is 4.69. The second-order valence-electron chi connectivity index (χ2n) is 6.39. The lowest BCUT2D eigenvalue weighted by atomic mass is 10.1. The molecule has 0 saturated heterocycles. The van der Waals surface area contributed by atoms with Crippen molar-refractivity contribution in [3.05, 3.63) is 82.4 Å². The number of benzene rings is 2. The van der Waals surface area contributed by atoms with Gasteiger partial charge in [-0.1, -0.05) is 42.5 Å². The molecule has 0 spiro atoms. The molecule has 0 bridgehead atoms. The summed E-state index contributed by atoms with van der Waals surface area (Å²) < 4.78 is 19.8. The summed E-state index contributed by atoms with van der Waals surface area (Å²) in [6.07, 6.45) is 0.452. The maximum Gasteiger partial charge on any atom is 0.262 e. The number of hydrogen-bond donors (Lipinski definition) is 0. The van der Waals surface area contributed by atoms with E-state index in [-0.39, 0.29) is 12.1 Å². The van der Waals surface area contributed by atoms with Gasteiger partial charge in [-0.05, 0) is 29.3 Å². The highest BCUT2D eigenvalue weighted by molar-refractivity contribution is 7.21. The molecule has 2 aromatic carbocycles. The fourth-order valence-corrected chi connectivity index (χ4v) is 4.22. The van der Waals surface area contributed by atoms with E-state index in [1.807, 2.05) is 60.7 Å². The van der Waals surface area contributed by atoms with Crippen LogP contribution in [0.1, 0.15) is 11.4 Å². The summed E-state index contributed by atoms with van der Waals surface area (Å²) in [7, 11) is 1.62. The molecule has 4 aromatic rings. The van der Waals surface area contributed by atoms with Gasteiger partial charge in [0.15, 0.2) is 0 Å². The molecule has 0 saturated carbocycles. The van der Waals surface area contributed by atoms with Gasteiger partial charge >= 0.3 is 0 Å². The van der Waals surface area contributed by atoms with Gasteiger partial charge in [-0.15, -0.1) is 11.3 Å². The number of hydrogen-bond acceptors (Lipinski definition) is 4. The van der Waals surface area contributed by atoms with Gasteiger partial charge in [0.1, 0.15) is 23.1 Å². The first-order valence-electron chi connectivity index (χ1n) is 8.97. The van der Waals surface area contributed by atoms with Crippen molar-refractivity contribution in [1.29, 1.82) is 0 Å². The molecule has 0 atom stereocenters. The predicted molar refractivity (Wildman–Crippen MR) is 111 cm³/mol. The average Bonchev–Trinajstić information content (AvgIpc) is 3.16. The summed E-state index contributed by atoms with van der Waals surface area (Å²) in [4.78, 5) is 19.4. The van der Waals surface area contributed by atoms with Crippen LogP contribution in [0.2, 0.25) is 0 Å². The molecule has 28 heavy (non-hydrogen) atoms. The summed E-state index contributed by atoms with van der Waals surface area (Å²) in [5, 5.41) is 0.538. The highest BCUT2D eigenvalue weighted by Gasteiger charge is 2.15. The standard InChI is InChI=1S/C22H19FN2O2S/c1-27-17-9-7-15(8-10-17)13-20-24-21-18(22(26)25(20)12-11-23)14-19(28-21)16-5-3-2-4-6-16/h2-10,14H,11-13H2,1H3. The molecule has 4 rings (SSSR count). The smallest absolute Gasteiger partial charge is 0.262 e. The zero-order chi connectivity index (χ0) is 19.5. The normalized spacial score (nSPS) is 11.1. The van der Waals surface area contributed by atoms with Gasteiger partial charge in [0.25, 0.3) is 5.56 Å². The molecule has 0 aliphatic heterocycles. The molecular weight excluding hydrogens is 375 g/mol. The Morgan fingerprint density at radius 1 is 1.11 bits per heavy atom. The van der Waals surface area contributed by atoms with Crippen molar-refractivity contribution in [2.75, 3.05) is 13.8 Å². The second kappa shape index (κ2) is 7.94. The first kappa shape index (κ1) is 18.4. The molecule has 0 radical (unpaired) electrons. The number of fused-ring (bicyclic) bond motifs is 1. The van der Waals surface area contributed by atoms with E-state index < -0.39 is 6.67 Å². The Kier molecular flexibility index (Phi) is 5.21. The first-order chi connectivity index (χ1) is 13.7. The van der Waals surface area contributed by atoms with Crippen molar-refractivity contribution in [2.45, 2.75) is 13.0 Å². The fraction of sp³-hybridized carbons (Fsp3) is 0.182. The number of thiophene rings is 1. The Morgan fingerprint density at radius 3 is 2.54 bits per heavy atom. The third-order valence-corrected chi connectivity index (χ3v) is 5.70. The van der Waals surface area contributed by atoms with Crippen molar-refractivity contribution in [1.82, 2.24) is 9.55 Å². The van der Waals surface area contributed by atoms with Crippen LogP contribution >= 0.6 is 11.3 Å². The molecule has 0 unspecified atom stereocenters. The number of alkyl halides is 1. The van der Waals surface area contributed by atoms with Crippen molar-refractivity contribution >= 4 is 21.6 Å². The first-order valence-corrected chi connectivity index (χ1v) is 9.79. The number of halogens is 1. The van der Waals surface area contributed by atoms with Crippen LogP contribution < -0.4 is 10.3 Å². The molecule has 4 nitrogen and oxygen atoms in total. The van der Waals surface area contributed by atoms with Crippen LogP contribution in [0.5, 0.6) is 5.75 Å². The zero-order valence-electron chi connectivity index (χ0n) is 15.4. The highest BCUT2D eigenvalue weighted by atomic mass is 32.1. The summed E-state index contributed by atoms with van der Waals surface area (Å²) in [5.74, 6) is 1.33. The summed E-state index contributed by atoms with van der Waals surface area (Å²) >= 11 is 1.48. The maximum atomic E-state index is 13.1. The van der Waals surface area contributed by atoms with Gasteiger partial charge in [-0.25, -0.2) is 9.37 Å². The zero-order valence-corrected chi connectivity index (χ0v) is 16.2. The van der Waals surface area contributed by atoms with Crippen LogP contribution in [0, 0.1) is 0 Å². The Labute approximate surface area is 165 Å². The Bertz CT molecular complexity index is 1150. The Balaban J connectivity index is 1.80. The molecule has 0 aliphatic carbocycles. The SMILES string of the molecule is COc1ccc(Cc2nc3sc(-c4ccccc4)cc3c(=O)n2CCF)cc1. The molecule has 0 fully saturated rings. The second-order valence-corrected chi connectivity index (χ2v) is 7.42. The van der Waals surface area contributed by atoms with E-state index in [1.165, 1.54) is 15.9 Å². The van der Waals surface area contributed by atoms with Gasteiger partial charge in [0.2, 0.25) is 0 Å². The van der Waals surface area contributed by atoms with Gasteiger partial charge in [-0.2, -0.15) is 0 Å². The molecule has 2 heterocycles. The van der Waals surface area contributed by atoms with E-state index in [9.17, 15) is 9.18 Å². The lowest BCUT2D eigenvalue weighted by Gasteiger charge is -2.11. The third kappa shape index (κ3) is 3.55. The topological polar surface area (TPSA) is 44.1 Å². The van der Waals surface area contributed by atoms with E-state index in [2.05, 4.69) is 0 Å². The van der Waals surface area contributed by atoms with Gasteiger partial charge < -0.3 is 4.74 Å².